The Morgan fingerprint density at radius 1 is 0.314 bits per heavy atom. The molecule has 54 nitrogen and oxygen atoms in total. The fourth-order valence-corrected chi connectivity index (χ4v) is 12.6. The highest BCUT2D eigenvalue weighted by molar-refractivity contribution is 6.02. The van der Waals surface area contributed by atoms with Gasteiger partial charge in [-0.05, 0) is 122 Å². The van der Waals surface area contributed by atoms with Gasteiger partial charge < -0.3 is 164 Å². The van der Waals surface area contributed by atoms with Crippen molar-refractivity contribution < 1.29 is 161 Å². The molecule has 0 aliphatic rings. The Hall–Kier alpha value is -12.5. The lowest BCUT2D eigenvalue weighted by Crippen LogP contribution is -2.63. The molecule has 18 amide bonds. The van der Waals surface area contributed by atoms with Gasteiger partial charge in [-0.25, -0.2) is 4.79 Å². The Labute approximate surface area is 791 Å². The van der Waals surface area contributed by atoms with Crippen LogP contribution in [0.25, 0.3) is 0 Å². The van der Waals surface area contributed by atoms with E-state index in [9.17, 15) is 146 Å². The van der Waals surface area contributed by atoms with Gasteiger partial charge in [-0.15, -0.1) is 0 Å². The summed E-state index contributed by atoms with van der Waals surface area (Å²) in [6.45, 7) is 17.7. The molecule has 0 heterocycles. The van der Waals surface area contributed by atoms with Crippen LogP contribution in [0.15, 0.2) is 0 Å². The maximum atomic E-state index is 14.6. The number of hydrogen-bond donors (Lipinski definition) is 31. The van der Waals surface area contributed by atoms with Crippen LogP contribution in [0, 0.1) is 29.6 Å². The topological polar surface area (TPSA) is 904 Å². The van der Waals surface area contributed by atoms with Crippen molar-refractivity contribution >= 4 is 136 Å². The molecule has 23 atom stereocenters. The van der Waals surface area contributed by atoms with Gasteiger partial charge in [-0.3, -0.25) is 105 Å². The fraction of sp³-hybridized carbons (Fsp3) is 0.723. The predicted octanol–water partition coefficient (Wildman–Crippen LogP) is -10.7. The summed E-state index contributed by atoms with van der Waals surface area (Å²) in [4.78, 5) is 304. The van der Waals surface area contributed by atoms with E-state index in [4.69, 9.17) is 37.9 Å². The first-order valence-electron chi connectivity index (χ1n) is 44.7. The van der Waals surface area contributed by atoms with Crippen LogP contribution < -0.4 is 113 Å². The Balaban J connectivity index is 0. The molecule has 0 aromatic rings. The molecule has 0 saturated heterocycles. The summed E-state index contributed by atoms with van der Waals surface area (Å²) in [6.07, 6.45) is -8.77. The number of hydrogen-bond acceptors (Lipinski definition) is 31. The number of aliphatic hydroxyl groups excluding tert-OH is 5. The van der Waals surface area contributed by atoms with Crippen molar-refractivity contribution in [2.45, 2.75) is 321 Å². The van der Waals surface area contributed by atoms with Crippen molar-refractivity contribution in [1.29, 1.82) is 0 Å². The Morgan fingerprint density at radius 3 is 0.978 bits per heavy atom. The van der Waals surface area contributed by atoms with Crippen LogP contribution in [0.4, 0.5) is 0 Å². The van der Waals surface area contributed by atoms with Crippen LogP contribution in [-0.2, 0) is 110 Å². The molecule has 0 fully saturated rings. The summed E-state index contributed by atoms with van der Waals surface area (Å²) in [7, 11) is 0. The number of carbonyl (C=O) groups is 23. The van der Waals surface area contributed by atoms with Gasteiger partial charge in [0.05, 0.1) is 63.4 Å². The molecule has 0 radical (unpaired) electrons. The lowest BCUT2D eigenvalue weighted by atomic mass is 9.94. The van der Waals surface area contributed by atoms with Crippen LogP contribution in [-0.4, -0.2) is 341 Å². The van der Waals surface area contributed by atoms with Gasteiger partial charge in [0.25, 0.3) is 5.97 Å². The molecule has 137 heavy (non-hydrogen) atoms. The first-order valence-corrected chi connectivity index (χ1v) is 44.7. The van der Waals surface area contributed by atoms with E-state index in [1.165, 1.54) is 34.6 Å². The van der Waals surface area contributed by atoms with E-state index in [0.29, 0.717) is 6.42 Å². The summed E-state index contributed by atoms with van der Waals surface area (Å²) >= 11 is 0. The average Bonchev–Trinajstić information content (AvgIpc) is 0.829. The van der Waals surface area contributed by atoms with E-state index in [2.05, 4.69) is 90.4 Å². The summed E-state index contributed by atoms with van der Waals surface area (Å²) in [6, 6.07) is -29.6. The zero-order valence-electron chi connectivity index (χ0n) is 79.7. The quantitative estimate of drug-likeness (QED) is 0.0251. The highest BCUT2D eigenvalue weighted by Crippen LogP contribution is 2.18. The first-order chi connectivity index (χ1) is 63.8. The SMILES string of the molecule is CC(=O)O.CCC(C)C(NC(=O)CNC(=O)C(CCC(=O)O)NC(=O)C(CCCCN)NC(=O)C(NC(=O)C(NC(=O)C(NC(=O)C(CO)NC(=O)C(CO)NC(=O)C(C)NC(=O)C(CC(C)C)NC(=O)C(CC(N)=O)NC(=O)C(NC(=O)C(N)CC(=O)O)C(C)O)C(C)O)C(C)CC)C(C)CC)C(=O)NC(CC(=O)O)C(=O)NC(CCCCN)C(=O)NC(C(=O)NC(C(=O)O)C(C)C)C(C)O. The molecule has 0 aliphatic carbocycles. The largest absolute Gasteiger partial charge is 0.481 e. The molecule has 35 N–H and O–H groups in total. The van der Waals surface area contributed by atoms with E-state index in [1.807, 2.05) is 0 Å². The third-order valence-corrected chi connectivity index (χ3v) is 21.2. The van der Waals surface area contributed by atoms with Crippen LogP contribution >= 0.6 is 0 Å². The Kier molecular flexibility index (Phi) is 60.3. The zero-order valence-corrected chi connectivity index (χ0v) is 79.7. The monoisotopic (exact) mass is 1960 g/mol. The number of unbranched alkanes of at least 4 members (excludes halogenated alkanes) is 2. The number of nitrogens with one attached hydrogen (secondary N) is 17. The Morgan fingerprint density at radius 2 is 0.613 bits per heavy atom. The number of carboxylic acid groups (broad SMARTS) is 5. The lowest BCUT2D eigenvalue weighted by Gasteiger charge is -2.31. The first kappa shape index (κ1) is 127. The van der Waals surface area contributed by atoms with Gasteiger partial charge in [0.2, 0.25) is 106 Å². The van der Waals surface area contributed by atoms with Gasteiger partial charge in [0, 0.05) is 13.3 Å². The second kappa shape index (κ2) is 65.3. The van der Waals surface area contributed by atoms with E-state index < -0.39 is 339 Å². The van der Waals surface area contributed by atoms with Crippen molar-refractivity contribution in [2.75, 3.05) is 32.8 Å². The molecule has 0 spiro atoms. The number of rotatable bonds is 66. The maximum Gasteiger partial charge on any atom is 0.326 e. The maximum absolute atomic E-state index is 14.6. The van der Waals surface area contributed by atoms with Crippen LogP contribution in [0.3, 0.4) is 0 Å². The van der Waals surface area contributed by atoms with Crippen molar-refractivity contribution in [2.24, 2.45) is 52.5 Å². The average molecular weight is 1970 g/mol. The number of aliphatic carboxylic acids is 5. The van der Waals surface area contributed by atoms with Gasteiger partial charge in [0.15, 0.2) is 0 Å². The molecule has 0 saturated carbocycles. The number of nitrogens with two attached hydrogens (primary N) is 4. The standard InChI is InChI=1S/C81H141N21O31.C2H4O2/c1-15-37(8)59(75(126)93-50(31-57(114)115)72(123)88-46(23-19-21-27-83)69(120)101-63(42(13)106)79(130)97-58(36(6)7)81(132)133)96-54(109)32-86-67(118)47(24-25-55(110)111)89-68(119)45(22-18-20-26-82)90-76(127)60(38(9)16-2)98-77(128)61(39(10)17-3)99-80(131)64(43(14)107)102-74(125)52(34-104)95-73(124)51(33-103)94-65(116)40(11)87-70(121)48(28-35(4)5)91-71(122)49(30-53(85)108)92-78(129)62(41(12)105)100-66(117)44(84)29-56(112)113;1-2(3)4/h35-52,58-64,103-107H,15-34,82-84H2,1-14H3,(H2,85,108)(H,86,118)(H,87,121)(H,88,123)(H,89,119)(H,90,127)(H,91,122)(H,92,129)(H,93,126)(H,94,116)(H,95,124)(H,96,109)(H,97,130)(H,98,128)(H,99,131)(H,100,117)(H,101,120)(H,102,125)(H,110,111)(H,112,113)(H,114,115)(H,132,133);1H3,(H,3,4). The summed E-state index contributed by atoms with van der Waals surface area (Å²) in [5, 5.41) is 137. The molecule has 780 valence electrons. The number of amides is 18. The zero-order chi connectivity index (χ0) is 106. The second-order valence-electron chi connectivity index (χ2n) is 33.8. The molecule has 0 aliphatic heterocycles. The third-order valence-electron chi connectivity index (χ3n) is 21.2. The summed E-state index contributed by atoms with van der Waals surface area (Å²) in [5.74, 6) is -31.3. The summed E-state index contributed by atoms with van der Waals surface area (Å²) < 4.78 is 0. The van der Waals surface area contributed by atoms with E-state index in [1.54, 1.807) is 34.6 Å². The molecule has 0 aromatic carbocycles. The molecule has 23 unspecified atom stereocenters. The van der Waals surface area contributed by atoms with Crippen LogP contribution in [0.2, 0.25) is 0 Å². The predicted molar refractivity (Wildman–Crippen MR) is 481 cm³/mol. The van der Waals surface area contributed by atoms with Gasteiger partial charge in [-0.2, -0.15) is 0 Å². The fourth-order valence-electron chi connectivity index (χ4n) is 12.6. The minimum Gasteiger partial charge on any atom is -0.481 e. The number of aliphatic hydroxyl groups is 5. The number of primary amides is 1. The molecule has 0 bridgehead atoms. The smallest absolute Gasteiger partial charge is 0.326 e. The van der Waals surface area contributed by atoms with E-state index >= 15 is 0 Å². The van der Waals surface area contributed by atoms with Crippen LogP contribution in [0.1, 0.15) is 200 Å². The Bertz CT molecular complexity index is 4060. The van der Waals surface area contributed by atoms with Crippen molar-refractivity contribution in [1.82, 2.24) is 90.4 Å². The van der Waals surface area contributed by atoms with Crippen LogP contribution in [0.5, 0.6) is 0 Å². The highest BCUT2D eigenvalue weighted by Gasteiger charge is 2.43. The third kappa shape index (κ3) is 48.7. The number of carbonyl (C=O) groups excluding carboxylic acids is 18. The van der Waals surface area contributed by atoms with Crippen molar-refractivity contribution in [3.8, 4) is 0 Å². The van der Waals surface area contributed by atoms with Gasteiger partial charge >= 0.3 is 23.9 Å². The van der Waals surface area contributed by atoms with Gasteiger partial charge in [-0.1, -0.05) is 88.5 Å². The molecule has 0 aromatic heterocycles. The van der Waals surface area contributed by atoms with E-state index in [-0.39, 0.29) is 70.9 Å². The molecule has 0 rings (SSSR count). The van der Waals surface area contributed by atoms with Gasteiger partial charge in [0.1, 0.15) is 96.7 Å². The molecular weight excluding hydrogens is 1820 g/mol. The summed E-state index contributed by atoms with van der Waals surface area (Å²) in [5.41, 5.74) is 22.4. The molecular formula is C83H145N21O33. The lowest BCUT2D eigenvalue weighted by molar-refractivity contribution is -0.144. The van der Waals surface area contributed by atoms with Crippen molar-refractivity contribution in [3.63, 3.8) is 0 Å². The minimum absolute atomic E-state index is 0.0830. The number of carboxylic acids is 5. The highest BCUT2D eigenvalue weighted by atomic mass is 16.4. The van der Waals surface area contributed by atoms with Crippen molar-refractivity contribution in [3.05, 3.63) is 0 Å². The molecule has 54 heteroatoms. The second-order valence-corrected chi connectivity index (χ2v) is 33.8. The van der Waals surface area contributed by atoms with E-state index in [0.717, 1.165) is 34.6 Å². The normalized spacial score (nSPS) is 16.2. The minimum atomic E-state index is -2.03.